The number of hydrogen-bond donors (Lipinski definition) is 1. The molecule has 0 spiro atoms. The number of para-hydroxylation sites is 1. The Balaban J connectivity index is 0.00000229. The minimum Gasteiger partial charge on any atom is -0.517 e. The monoisotopic (exact) mass is 638 g/mol. The largest absolute Gasteiger partial charge is 0.517 e. The molecule has 7 rings (SSSR count). The van der Waals surface area contributed by atoms with Crippen molar-refractivity contribution >= 4 is 44.0 Å². The number of rotatable bonds is 3. The van der Waals surface area contributed by atoms with E-state index in [-0.39, 0.29) is 26.8 Å². The van der Waals surface area contributed by atoms with E-state index in [0.717, 1.165) is 27.8 Å². The van der Waals surface area contributed by atoms with Crippen LogP contribution in [0.3, 0.4) is 0 Å². The molecule has 0 fully saturated rings. The van der Waals surface area contributed by atoms with E-state index in [0.29, 0.717) is 33.7 Å². The number of furan rings is 1. The molecule has 0 aliphatic carbocycles. The summed E-state index contributed by atoms with van der Waals surface area (Å²) in [6.07, 6.45) is 3.29. The molecule has 0 saturated carbocycles. The van der Waals surface area contributed by atoms with E-state index in [4.69, 9.17) is 14.1 Å². The summed E-state index contributed by atoms with van der Waals surface area (Å²) in [6.45, 7) is 0. The smallest absolute Gasteiger partial charge is 0.219 e. The van der Waals surface area contributed by atoms with Gasteiger partial charge in [-0.1, -0.05) is 41.8 Å². The normalized spacial score (nSPS) is 11.3. The van der Waals surface area contributed by atoms with Crippen LogP contribution in [0.25, 0.3) is 49.8 Å². The first kappa shape index (κ1) is 21.3. The van der Waals surface area contributed by atoms with Gasteiger partial charge in [-0.3, -0.25) is 4.57 Å². The molecule has 35 heavy (non-hydrogen) atoms. The molecule has 0 amide bonds. The molecule has 0 bridgehead atoms. The molecule has 7 nitrogen and oxygen atoms in total. The Morgan fingerprint density at radius 1 is 0.886 bits per heavy atom. The fraction of sp³-hybridized carbons (Fsp3) is 0. The topological polar surface area (TPSA) is 86.2 Å². The van der Waals surface area contributed by atoms with E-state index < -0.39 is 0 Å². The molecule has 0 aliphatic heterocycles. The number of fused-ring (bicyclic) bond motifs is 6. The van der Waals surface area contributed by atoms with Crippen LogP contribution in [-0.4, -0.2) is 24.6 Å². The maximum absolute atomic E-state index is 10.3. The van der Waals surface area contributed by atoms with Crippen LogP contribution < -0.4 is 4.74 Å². The van der Waals surface area contributed by atoms with Crippen molar-refractivity contribution in [2.45, 2.75) is 0 Å². The van der Waals surface area contributed by atoms with Crippen molar-refractivity contribution in [2.24, 2.45) is 0 Å². The van der Waals surface area contributed by atoms with Crippen LogP contribution in [0, 0.1) is 6.07 Å². The van der Waals surface area contributed by atoms with E-state index in [9.17, 15) is 5.11 Å². The van der Waals surface area contributed by atoms with Gasteiger partial charge in [-0.15, -0.1) is 0 Å². The molecule has 8 heteroatoms. The Bertz CT molecular complexity index is 1860. The number of pyridine rings is 3. The van der Waals surface area contributed by atoms with Gasteiger partial charge in [0.05, 0.1) is 22.6 Å². The van der Waals surface area contributed by atoms with Gasteiger partial charge in [-0.2, -0.15) is 4.98 Å². The van der Waals surface area contributed by atoms with Crippen molar-refractivity contribution in [3.63, 3.8) is 0 Å². The molecule has 0 saturated heterocycles. The van der Waals surface area contributed by atoms with Crippen molar-refractivity contribution in [1.29, 1.82) is 0 Å². The first-order valence-electron chi connectivity index (χ1n) is 10.7. The van der Waals surface area contributed by atoms with E-state index in [1.807, 2.05) is 53.1 Å². The summed E-state index contributed by atoms with van der Waals surface area (Å²) in [4.78, 5) is 13.7. The van der Waals surface area contributed by atoms with Crippen molar-refractivity contribution in [3.8, 4) is 23.2 Å². The van der Waals surface area contributed by atoms with Gasteiger partial charge >= 0.3 is 0 Å². The summed E-state index contributed by atoms with van der Waals surface area (Å²) in [5.41, 5.74) is 2.66. The third-order valence-electron chi connectivity index (χ3n) is 5.81. The Morgan fingerprint density at radius 3 is 2.66 bits per heavy atom. The van der Waals surface area contributed by atoms with E-state index in [2.05, 4.69) is 22.1 Å². The van der Waals surface area contributed by atoms with Gasteiger partial charge in [-0.05, 0) is 48.0 Å². The van der Waals surface area contributed by atoms with E-state index >= 15 is 0 Å². The summed E-state index contributed by atoms with van der Waals surface area (Å²) in [5, 5.41) is 13.5. The number of phenols is 1. The Kier molecular flexibility index (Phi) is 5.01. The van der Waals surface area contributed by atoms with Crippen LogP contribution in [0.5, 0.6) is 17.4 Å². The zero-order chi connectivity index (χ0) is 22.6. The van der Waals surface area contributed by atoms with E-state index in [1.165, 1.54) is 6.20 Å². The zero-order valence-electron chi connectivity index (χ0n) is 18.0. The zero-order valence-corrected chi connectivity index (χ0v) is 20.2. The van der Waals surface area contributed by atoms with Gasteiger partial charge in [0.25, 0.3) is 0 Å². The maximum Gasteiger partial charge on any atom is 0.219 e. The average Bonchev–Trinajstić information content (AvgIpc) is 3.40. The SMILES string of the molecule is Oc1cccc2oc3ncc(Oc4ccc5c6ccccc6n(-c6ccccn6)c5n4)[c-]c3c12.[Pt]. The first-order valence-corrected chi connectivity index (χ1v) is 10.7. The molecular formula is C27H15N4O3Pt-. The predicted molar refractivity (Wildman–Crippen MR) is 128 cm³/mol. The van der Waals surface area contributed by atoms with Gasteiger partial charge < -0.3 is 19.2 Å². The molecule has 7 aromatic rings. The molecule has 0 aliphatic rings. The summed E-state index contributed by atoms with van der Waals surface area (Å²) in [6, 6.07) is 26.0. The fourth-order valence-corrected chi connectivity index (χ4v) is 4.36. The molecule has 0 atom stereocenters. The fourth-order valence-electron chi connectivity index (χ4n) is 4.36. The van der Waals surface area contributed by atoms with Crippen molar-refractivity contribution in [1.82, 2.24) is 19.5 Å². The van der Waals surface area contributed by atoms with E-state index in [1.54, 1.807) is 24.4 Å². The predicted octanol–water partition coefficient (Wildman–Crippen LogP) is 6.16. The Labute approximate surface area is 212 Å². The van der Waals surface area contributed by atoms with Crippen LogP contribution in [0.15, 0.2) is 89.6 Å². The number of benzene rings is 2. The van der Waals surface area contributed by atoms with Crippen LogP contribution in [0.4, 0.5) is 0 Å². The van der Waals surface area contributed by atoms with Crippen LogP contribution >= 0.6 is 0 Å². The van der Waals surface area contributed by atoms with Crippen molar-refractivity contribution in [2.75, 3.05) is 0 Å². The molecule has 5 aromatic heterocycles. The maximum atomic E-state index is 10.3. The molecule has 5 heterocycles. The molecule has 0 unspecified atom stereocenters. The third kappa shape index (κ3) is 3.35. The number of aromatic nitrogens is 4. The first-order chi connectivity index (χ1) is 16.8. The summed E-state index contributed by atoms with van der Waals surface area (Å²) in [7, 11) is 0. The standard InChI is InChI=1S/C27H15N4O3.Pt/c32-21-8-5-9-22-25(21)19-14-16(15-29-27(19)34-22)33-24-12-11-18-17-6-1-2-7-20(17)31(26(18)30-24)23-10-3-4-13-28-23;/h1-13,15,32H;/q-1;. The van der Waals surface area contributed by atoms with Crippen LogP contribution in [-0.2, 0) is 21.1 Å². The molecule has 2 aromatic carbocycles. The number of phenolic OH excluding ortho intramolecular Hbond substituents is 1. The van der Waals surface area contributed by atoms with Crippen LogP contribution in [0.2, 0.25) is 0 Å². The minimum atomic E-state index is 0. The summed E-state index contributed by atoms with van der Waals surface area (Å²) < 4.78 is 13.8. The third-order valence-corrected chi connectivity index (χ3v) is 5.81. The van der Waals surface area contributed by atoms with Crippen molar-refractivity contribution < 1.29 is 35.3 Å². The summed E-state index contributed by atoms with van der Waals surface area (Å²) in [5.74, 6) is 1.63. The number of aromatic hydroxyl groups is 1. The number of nitrogens with zero attached hydrogens (tertiary/aromatic N) is 4. The van der Waals surface area contributed by atoms with Gasteiger partial charge in [0.2, 0.25) is 5.88 Å². The average molecular weight is 639 g/mol. The molecular weight excluding hydrogens is 623 g/mol. The van der Waals surface area contributed by atoms with Gasteiger partial charge in [0.1, 0.15) is 11.5 Å². The minimum absolute atomic E-state index is 0. The number of ether oxygens (including phenoxy) is 1. The quantitative estimate of drug-likeness (QED) is 0.233. The summed E-state index contributed by atoms with van der Waals surface area (Å²) >= 11 is 0. The number of hydrogen-bond acceptors (Lipinski definition) is 6. The van der Waals surface area contributed by atoms with Gasteiger partial charge in [0.15, 0.2) is 5.65 Å². The Hall–Kier alpha value is -4.22. The van der Waals surface area contributed by atoms with Crippen molar-refractivity contribution in [3.05, 3.63) is 91.3 Å². The van der Waals surface area contributed by atoms with Gasteiger partial charge in [-0.25, -0.2) is 4.98 Å². The molecule has 172 valence electrons. The molecule has 0 radical (unpaired) electrons. The van der Waals surface area contributed by atoms with Gasteiger partial charge in [0, 0.05) is 44.1 Å². The Morgan fingerprint density at radius 2 is 1.77 bits per heavy atom. The molecule has 1 N–H and O–H groups in total. The second kappa shape index (κ2) is 8.22. The van der Waals surface area contributed by atoms with Crippen LogP contribution in [0.1, 0.15) is 0 Å². The second-order valence-electron chi connectivity index (χ2n) is 7.84. The second-order valence-corrected chi connectivity index (χ2v) is 7.84.